The molecule has 3 nitrogen and oxygen atoms in total. The zero-order valence-corrected chi connectivity index (χ0v) is 12.0. The fourth-order valence-corrected chi connectivity index (χ4v) is 3.06. The smallest absolute Gasteiger partial charge is 0.235 e. The lowest BCUT2D eigenvalue weighted by atomic mass is 9.80. The van der Waals surface area contributed by atoms with Crippen LogP contribution in [-0.2, 0) is 4.79 Å². The van der Waals surface area contributed by atoms with Gasteiger partial charge in [0.1, 0.15) is 0 Å². The van der Waals surface area contributed by atoms with Crippen molar-refractivity contribution in [1.29, 1.82) is 0 Å². The Morgan fingerprint density at radius 3 is 2.41 bits per heavy atom. The molecule has 0 aliphatic carbocycles. The maximum Gasteiger partial charge on any atom is 0.235 e. The Morgan fingerprint density at radius 1 is 1.41 bits per heavy atom. The van der Waals surface area contributed by atoms with Crippen LogP contribution in [0, 0.1) is 5.41 Å². The Labute approximate surface area is 110 Å². The van der Waals surface area contributed by atoms with Crippen molar-refractivity contribution in [2.75, 3.05) is 6.54 Å². The predicted octanol–water partition coefficient (Wildman–Crippen LogP) is 2.48. The average Bonchev–Trinajstić information content (AvgIpc) is 2.31. The first-order valence-electron chi connectivity index (χ1n) is 6.60. The summed E-state index contributed by atoms with van der Waals surface area (Å²) in [4.78, 5) is 15.0. The van der Waals surface area contributed by atoms with Crippen molar-refractivity contribution in [2.45, 2.75) is 58.9 Å². The Balaban J connectivity index is 2.94. The molecular weight excluding hydrogens is 232 g/mol. The molecule has 0 aromatic heterocycles. The summed E-state index contributed by atoms with van der Waals surface area (Å²) >= 11 is 5.14. The number of piperidine rings is 1. The standard InChI is InChI=1S/C13H24N2OS/c1-4-13(5-2,11(14)17)12(16)15-9-7-6-8-10(15)3/h10H,4-9H2,1-3H3,(H2,14,17). The number of thiocarbonyl (C=S) groups is 1. The zero-order valence-electron chi connectivity index (χ0n) is 11.2. The van der Waals surface area contributed by atoms with E-state index in [1.165, 1.54) is 6.42 Å². The van der Waals surface area contributed by atoms with Gasteiger partial charge in [0.25, 0.3) is 0 Å². The largest absolute Gasteiger partial charge is 0.392 e. The molecule has 0 bridgehead atoms. The lowest BCUT2D eigenvalue weighted by Crippen LogP contribution is -2.54. The number of likely N-dealkylation sites (tertiary alicyclic amines) is 1. The van der Waals surface area contributed by atoms with Crippen molar-refractivity contribution in [3.8, 4) is 0 Å². The van der Waals surface area contributed by atoms with Gasteiger partial charge >= 0.3 is 0 Å². The second-order valence-corrected chi connectivity index (χ2v) is 5.44. The number of hydrogen-bond acceptors (Lipinski definition) is 2. The first kappa shape index (κ1) is 14.4. The summed E-state index contributed by atoms with van der Waals surface area (Å²) in [5.41, 5.74) is 5.21. The van der Waals surface area contributed by atoms with Gasteiger partial charge in [-0.15, -0.1) is 0 Å². The van der Waals surface area contributed by atoms with E-state index in [1.807, 2.05) is 18.7 Å². The highest BCUT2D eigenvalue weighted by Gasteiger charge is 2.42. The SMILES string of the molecule is CCC(CC)(C(=O)N1CCCCC1C)C(N)=S. The van der Waals surface area contributed by atoms with Crippen LogP contribution in [0.25, 0.3) is 0 Å². The molecule has 1 amide bonds. The molecule has 0 aromatic carbocycles. The molecule has 1 aliphatic rings. The highest BCUT2D eigenvalue weighted by molar-refractivity contribution is 7.80. The first-order valence-corrected chi connectivity index (χ1v) is 7.01. The topological polar surface area (TPSA) is 46.3 Å². The summed E-state index contributed by atoms with van der Waals surface area (Å²) in [7, 11) is 0. The number of carbonyl (C=O) groups is 1. The summed E-state index contributed by atoms with van der Waals surface area (Å²) < 4.78 is 0. The third-order valence-corrected chi connectivity index (χ3v) is 4.54. The fourth-order valence-electron chi connectivity index (χ4n) is 2.68. The van der Waals surface area contributed by atoms with Crippen molar-refractivity contribution in [3.05, 3.63) is 0 Å². The number of nitrogens with two attached hydrogens (primary N) is 1. The van der Waals surface area contributed by atoms with Gasteiger partial charge in [-0.2, -0.15) is 0 Å². The van der Waals surface area contributed by atoms with Crippen molar-refractivity contribution in [2.24, 2.45) is 11.1 Å². The highest BCUT2D eigenvalue weighted by Crippen LogP contribution is 2.32. The van der Waals surface area contributed by atoms with Crippen LogP contribution in [0.15, 0.2) is 0 Å². The molecule has 98 valence electrons. The molecule has 0 saturated carbocycles. The van der Waals surface area contributed by atoms with Crippen molar-refractivity contribution >= 4 is 23.1 Å². The molecule has 4 heteroatoms. The molecule has 0 aromatic rings. The van der Waals surface area contributed by atoms with Crippen LogP contribution in [-0.4, -0.2) is 28.4 Å². The van der Waals surface area contributed by atoms with E-state index >= 15 is 0 Å². The lowest BCUT2D eigenvalue weighted by Gasteiger charge is -2.40. The lowest BCUT2D eigenvalue weighted by molar-refractivity contribution is -0.142. The maximum absolute atomic E-state index is 12.7. The van der Waals surface area contributed by atoms with E-state index in [1.54, 1.807) is 0 Å². The normalized spacial score (nSPS) is 21.4. The van der Waals surface area contributed by atoms with Crippen LogP contribution in [0.3, 0.4) is 0 Å². The van der Waals surface area contributed by atoms with E-state index in [4.69, 9.17) is 18.0 Å². The molecule has 1 aliphatic heterocycles. The molecule has 0 radical (unpaired) electrons. The van der Waals surface area contributed by atoms with E-state index < -0.39 is 5.41 Å². The third kappa shape index (κ3) is 2.62. The maximum atomic E-state index is 12.7. The number of carbonyl (C=O) groups excluding carboxylic acids is 1. The molecule has 0 spiro atoms. The summed E-state index contributed by atoms with van der Waals surface area (Å²) in [5, 5.41) is 0. The van der Waals surface area contributed by atoms with Gasteiger partial charge in [-0.25, -0.2) is 0 Å². The monoisotopic (exact) mass is 256 g/mol. The van der Waals surface area contributed by atoms with E-state index in [-0.39, 0.29) is 5.91 Å². The molecule has 1 saturated heterocycles. The summed E-state index contributed by atoms with van der Waals surface area (Å²) in [6.07, 6.45) is 4.79. The van der Waals surface area contributed by atoms with E-state index in [2.05, 4.69) is 6.92 Å². The van der Waals surface area contributed by atoms with Crippen molar-refractivity contribution in [1.82, 2.24) is 4.90 Å². The van der Waals surface area contributed by atoms with Crippen LogP contribution in [0.5, 0.6) is 0 Å². The molecule has 17 heavy (non-hydrogen) atoms. The fraction of sp³-hybridized carbons (Fsp3) is 0.846. The second kappa shape index (κ2) is 5.80. The van der Waals surface area contributed by atoms with E-state index in [0.29, 0.717) is 23.9 Å². The van der Waals surface area contributed by atoms with Crippen molar-refractivity contribution < 1.29 is 4.79 Å². The highest BCUT2D eigenvalue weighted by atomic mass is 32.1. The summed E-state index contributed by atoms with van der Waals surface area (Å²) in [6.45, 7) is 6.96. The van der Waals surface area contributed by atoms with Gasteiger partial charge in [-0.3, -0.25) is 4.79 Å². The van der Waals surface area contributed by atoms with E-state index in [0.717, 1.165) is 19.4 Å². The van der Waals surface area contributed by atoms with Gasteiger partial charge in [0, 0.05) is 12.6 Å². The summed E-state index contributed by atoms with van der Waals surface area (Å²) in [6, 6.07) is 0.322. The van der Waals surface area contributed by atoms with Crippen LogP contribution in [0.4, 0.5) is 0 Å². The third-order valence-electron chi connectivity index (χ3n) is 4.15. The molecule has 2 N–H and O–H groups in total. The zero-order chi connectivity index (χ0) is 13.1. The Hall–Kier alpha value is -0.640. The number of rotatable bonds is 4. The molecule has 1 fully saturated rings. The van der Waals surface area contributed by atoms with Crippen LogP contribution in [0.1, 0.15) is 52.9 Å². The molecule has 1 atom stereocenters. The molecular formula is C13H24N2OS. The van der Waals surface area contributed by atoms with Gasteiger partial charge < -0.3 is 10.6 Å². The van der Waals surface area contributed by atoms with Gasteiger partial charge in [0.2, 0.25) is 5.91 Å². The Bertz CT molecular complexity index is 300. The van der Waals surface area contributed by atoms with Gasteiger partial charge in [-0.05, 0) is 39.0 Å². The quantitative estimate of drug-likeness (QED) is 0.786. The number of hydrogen-bond donors (Lipinski definition) is 1. The molecule has 1 rings (SSSR count). The Kier molecular flexibility index (Phi) is 4.92. The minimum absolute atomic E-state index is 0.141. The number of nitrogens with zero attached hydrogens (tertiary/aromatic N) is 1. The predicted molar refractivity (Wildman–Crippen MR) is 74.8 cm³/mol. The first-order chi connectivity index (χ1) is 7.99. The average molecular weight is 256 g/mol. The van der Waals surface area contributed by atoms with Crippen LogP contribution >= 0.6 is 12.2 Å². The minimum atomic E-state index is -0.624. The van der Waals surface area contributed by atoms with Crippen LogP contribution < -0.4 is 5.73 Å². The Morgan fingerprint density at radius 2 is 2.00 bits per heavy atom. The van der Waals surface area contributed by atoms with Crippen LogP contribution in [0.2, 0.25) is 0 Å². The molecule has 1 heterocycles. The van der Waals surface area contributed by atoms with Gasteiger partial charge in [0.05, 0.1) is 10.4 Å². The van der Waals surface area contributed by atoms with E-state index in [9.17, 15) is 4.79 Å². The van der Waals surface area contributed by atoms with Gasteiger partial charge in [0.15, 0.2) is 0 Å². The minimum Gasteiger partial charge on any atom is -0.392 e. The molecule has 1 unspecified atom stereocenters. The summed E-state index contributed by atoms with van der Waals surface area (Å²) in [5.74, 6) is 0.141. The van der Waals surface area contributed by atoms with Crippen molar-refractivity contribution in [3.63, 3.8) is 0 Å². The number of amides is 1. The van der Waals surface area contributed by atoms with Gasteiger partial charge in [-0.1, -0.05) is 26.1 Å². The second-order valence-electron chi connectivity index (χ2n) is 5.00.